The van der Waals surface area contributed by atoms with Crippen LogP contribution in [0.5, 0.6) is 0 Å². The Kier molecular flexibility index (Phi) is 6.29. The third-order valence-electron chi connectivity index (χ3n) is 4.66. The minimum Gasteiger partial charge on any atom is -0.372 e. The van der Waals surface area contributed by atoms with Gasteiger partial charge in [-0.2, -0.15) is 0 Å². The summed E-state index contributed by atoms with van der Waals surface area (Å²) in [4.78, 5) is 15.9. The molecule has 142 valence electrons. The van der Waals surface area contributed by atoms with Crippen LogP contribution in [-0.2, 0) is 6.54 Å². The molecule has 0 spiro atoms. The number of amides is 1. The summed E-state index contributed by atoms with van der Waals surface area (Å²) in [5.41, 5.74) is 3.99. The van der Waals surface area contributed by atoms with Crippen LogP contribution in [0.15, 0.2) is 48.5 Å². The van der Waals surface area contributed by atoms with Gasteiger partial charge in [0.1, 0.15) is 0 Å². The fourth-order valence-electron chi connectivity index (χ4n) is 3.11. The second kappa shape index (κ2) is 8.86. The molecule has 1 amide bonds. The monoisotopic (exact) mass is 382 g/mol. The van der Waals surface area contributed by atoms with E-state index in [0.29, 0.717) is 17.2 Å². The molecule has 27 heavy (non-hydrogen) atoms. The number of hydrogen-bond donors (Lipinski definition) is 2. The van der Waals surface area contributed by atoms with Gasteiger partial charge in [-0.1, -0.05) is 12.1 Å². The molecule has 6 heteroatoms. The van der Waals surface area contributed by atoms with Gasteiger partial charge in [0.2, 0.25) is 0 Å². The molecule has 2 aromatic carbocycles. The van der Waals surface area contributed by atoms with Crippen LogP contribution in [0.3, 0.4) is 0 Å². The second-order valence-corrected chi connectivity index (χ2v) is 7.35. The van der Waals surface area contributed by atoms with Crippen LogP contribution in [-0.4, -0.2) is 43.1 Å². The quantitative estimate of drug-likeness (QED) is 0.776. The van der Waals surface area contributed by atoms with Crippen molar-refractivity contribution in [3.05, 3.63) is 59.7 Å². The normalized spacial score (nSPS) is 13.3. The van der Waals surface area contributed by atoms with E-state index < -0.39 is 0 Å². The highest BCUT2D eigenvalue weighted by molar-refractivity contribution is 7.80. The topological polar surface area (TPSA) is 47.6 Å². The highest BCUT2D eigenvalue weighted by Crippen LogP contribution is 2.20. The van der Waals surface area contributed by atoms with Crippen LogP contribution >= 0.6 is 12.2 Å². The van der Waals surface area contributed by atoms with Gasteiger partial charge in [0.25, 0.3) is 5.91 Å². The zero-order valence-corrected chi connectivity index (χ0v) is 16.7. The molecule has 2 N–H and O–H groups in total. The van der Waals surface area contributed by atoms with E-state index in [2.05, 4.69) is 39.8 Å². The fraction of sp³-hybridized carbons (Fsp3) is 0.333. The number of rotatable bonds is 5. The van der Waals surface area contributed by atoms with Gasteiger partial charge >= 0.3 is 0 Å². The molecule has 5 nitrogen and oxygen atoms in total. The molecule has 0 radical (unpaired) electrons. The summed E-state index contributed by atoms with van der Waals surface area (Å²) in [5, 5.41) is 6.93. The Hall–Kier alpha value is -2.60. The average molecular weight is 383 g/mol. The lowest BCUT2D eigenvalue weighted by atomic mass is 10.2. The SMILES string of the molecule is CN(C)C(=O)c1ccc(NC(=S)NCc2ccc(N3CCCC3)cc2)cc1. The third-order valence-corrected chi connectivity index (χ3v) is 4.90. The maximum Gasteiger partial charge on any atom is 0.253 e. The van der Waals surface area contributed by atoms with Gasteiger partial charge in [-0.05, 0) is 67.0 Å². The first-order valence-corrected chi connectivity index (χ1v) is 9.64. The van der Waals surface area contributed by atoms with Crippen molar-refractivity contribution in [2.45, 2.75) is 19.4 Å². The minimum atomic E-state index is -0.0142. The van der Waals surface area contributed by atoms with Gasteiger partial charge in [0.15, 0.2) is 5.11 Å². The van der Waals surface area contributed by atoms with Crippen molar-refractivity contribution in [3.63, 3.8) is 0 Å². The predicted octanol–water partition coefficient (Wildman–Crippen LogP) is 3.48. The van der Waals surface area contributed by atoms with Crippen LogP contribution in [0.25, 0.3) is 0 Å². The van der Waals surface area contributed by atoms with Gasteiger partial charge in [-0.15, -0.1) is 0 Å². The molecule has 0 atom stereocenters. The Bertz CT molecular complexity index is 781. The summed E-state index contributed by atoms with van der Waals surface area (Å²) in [6.45, 7) is 2.98. The number of carbonyl (C=O) groups excluding carboxylic acids is 1. The van der Waals surface area contributed by atoms with Gasteiger partial charge in [-0.3, -0.25) is 4.79 Å². The average Bonchev–Trinajstić information content (AvgIpc) is 3.21. The van der Waals surface area contributed by atoms with E-state index >= 15 is 0 Å². The minimum absolute atomic E-state index is 0.0142. The number of carbonyl (C=O) groups is 1. The molecule has 0 unspecified atom stereocenters. The summed E-state index contributed by atoms with van der Waals surface area (Å²) in [6.07, 6.45) is 2.57. The second-order valence-electron chi connectivity index (χ2n) is 6.95. The van der Waals surface area contributed by atoms with E-state index in [0.717, 1.165) is 18.8 Å². The van der Waals surface area contributed by atoms with Crippen molar-refractivity contribution in [2.75, 3.05) is 37.4 Å². The first-order chi connectivity index (χ1) is 13.0. The van der Waals surface area contributed by atoms with Crippen molar-refractivity contribution < 1.29 is 4.79 Å². The van der Waals surface area contributed by atoms with Crippen LogP contribution < -0.4 is 15.5 Å². The molecular formula is C21H26N4OS. The molecule has 0 aliphatic carbocycles. The first kappa shape index (κ1) is 19.2. The van der Waals surface area contributed by atoms with Gasteiger partial charge in [0.05, 0.1) is 0 Å². The Balaban J connectivity index is 1.48. The van der Waals surface area contributed by atoms with Gasteiger partial charge < -0.3 is 20.4 Å². The molecule has 1 aliphatic heterocycles. The maximum atomic E-state index is 11.9. The lowest BCUT2D eigenvalue weighted by molar-refractivity contribution is 0.0827. The highest BCUT2D eigenvalue weighted by Gasteiger charge is 2.12. The lowest BCUT2D eigenvalue weighted by Gasteiger charge is -2.18. The molecule has 1 saturated heterocycles. The van der Waals surface area contributed by atoms with E-state index in [9.17, 15) is 4.79 Å². The summed E-state index contributed by atoms with van der Waals surface area (Å²) >= 11 is 5.37. The third kappa shape index (κ3) is 5.20. The van der Waals surface area contributed by atoms with Crippen LogP contribution in [0.1, 0.15) is 28.8 Å². The van der Waals surface area contributed by atoms with Crippen LogP contribution in [0.4, 0.5) is 11.4 Å². The summed E-state index contributed by atoms with van der Waals surface area (Å²) < 4.78 is 0. The summed E-state index contributed by atoms with van der Waals surface area (Å²) in [6, 6.07) is 16.0. The van der Waals surface area contributed by atoms with Crippen molar-refractivity contribution in [1.29, 1.82) is 0 Å². The smallest absolute Gasteiger partial charge is 0.253 e. The standard InChI is InChI=1S/C21H26N4OS/c1-24(2)20(26)17-7-9-18(10-8-17)23-21(27)22-15-16-5-11-19(12-6-16)25-13-3-4-14-25/h5-12H,3-4,13-15H2,1-2H3,(H2,22,23,27). The number of hydrogen-bond acceptors (Lipinski definition) is 3. The van der Waals surface area contributed by atoms with Gasteiger partial charge in [-0.25, -0.2) is 0 Å². The van der Waals surface area contributed by atoms with Crippen molar-refractivity contribution in [3.8, 4) is 0 Å². The molecule has 0 bridgehead atoms. The van der Waals surface area contributed by atoms with Gasteiger partial charge in [0, 0.05) is 50.7 Å². The first-order valence-electron chi connectivity index (χ1n) is 9.23. The Morgan fingerprint density at radius 3 is 2.26 bits per heavy atom. The summed E-state index contributed by atoms with van der Waals surface area (Å²) in [7, 11) is 3.48. The molecule has 0 saturated carbocycles. The molecule has 1 heterocycles. The number of nitrogens with zero attached hydrogens (tertiary/aromatic N) is 2. The maximum absolute atomic E-state index is 11.9. The number of thiocarbonyl (C=S) groups is 1. The number of nitrogens with one attached hydrogen (secondary N) is 2. The molecule has 3 rings (SSSR count). The van der Waals surface area contributed by atoms with E-state index in [1.807, 2.05) is 12.1 Å². The largest absolute Gasteiger partial charge is 0.372 e. The zero-order chi connectivity index (χ0) is 19.2. The van der Waals surface area contributed by atoms with Crippen molar-refractivity contribution >= 4 is 34.6 Å². The highest BCUT2D eigenvalue weighted by atomic mass is 32.1. The number of benzene rings is 2. The van der Waals surface area contributed by atoms with E-state index in [4.69, 9.17) is 12.2 Å². The molecule has 1 fully saturated rings. The van der Waals surface area contributed by atoms with E-state index in [-0.39, 0.29) is 5.91 Å². The van der Waals surface area contributed by atoms with E-state index in [1.54, 1.807) is 31.1 Å². The predicted molar refractivity (Wildman–Crippen MR) is 115 cm³/mol. The lowest BCUT2D eigenvalue weighted by Crippen LogP contribution is -2.28. The van der Waals surface area contributed by atoms with Crippen LogP contribution in [0, 0.1) is 0 Å². The van der Waals surface area contributed by atoms with Crippen molar-refractivity contribution in [1.82, 2.24) is 10.2 Å². The molecule has 2 aromatic rings. The zero-order valence-electron chi connectivity index (χ0n) is 15.9. The Labute approximate surface area is 166 Å². The Morgan fingerprint density at radius 1 is 1.04 bits per heavy atom. The molecule has 1 aliphatic rings. The van der Waals surface area contributed by atoms with Crippen LogP contribution in [0.2, 0.25) is 0 Å². The van der Waals surface area contributed by atoms with Crippen molar-refractivity contribution in [2.24, 2.45) is 0 Å². The summed E-state index contributed by atoms with van der Waals surface area (Å²) in [5.74, 6) is -0.0142. The fourth-order valence-corrected chi connectivity index (χ4v) is 3.30. The molecular weight excluding hydrogens is 356 g/mol. The number of anilines is 2. The molecule has 0 aromatic heterocycles. The Morgan fingerprint density at radius 2 is 1.67 bits per heavy atom. The van der Waals surface area contributed by atoms with E-state index in [1.165, 1.54) is 24.1 Å².